The molecule has 1 aliphatic rings. The fourth-order valence-electron chi connectivity index (χ4n) is 6.22. The molecule has 1 aliphatic carbocycles. The second-order valence-electron chi connectivity index (χ2n) is 12.9. The molecule has 7 rings (SSSR count). The largest absolute Gasteiger partial charge is 3.00 e. The molecular weight excluding hydrogens is 760 g/mol. The Morgan fingerprint density at radius 2 is 0.440 bits per heavy atom. The van der Waals surface area contributed by atoms with Crippen LogP contribution in [0.2, 0.25) is 0 Å². The van der Waals surface area contributed by atoms with Crippen LogP contribution in [0.5, 0.6) is 0 Å². The van der Waals surface area contributed by atoms with E-state index in [1.54, 1.807) is 0 Å². The minimum absolute atomic E-state index is 0. The molecule has 12 nitrogen and oxygen atoms in total. The minimum atomic E-state index is -0.226. The van der Waals surface area contributed by atoms with E-state index in [0.29, 0.717) is 0 Å². The van der Waals surface area contributed by atoms with Crippen molar-refractivity contribution in [2.45, 2.75) is 83.1 Å². The summed E-state index contributed by atoms with van der Waals surface area (Å²) >= 11 is 0. The monoisotopic (exact) mass is 809 g/mol. The first-order chi connectivity index (χ1) is 23.2. The maximum Gasteiger partial charge on any atom is 3.00 e. The molecule has 1 fully saturated rings. The van der Waals surface area contributed by atoms with Gasteiger partial charge in [-0.2, -0.15) is 0 Å². The third kappa shape index (κ3) is 8.95. The number of aryl methyl sites for hydroxylation is 12. The summed E-state index contributed by atoms with van der Waals surface area (Å²) < 4.78 is 11.9. The first kappa shape index (κ1) is 39.5. The maximum absolute atomic E-state index is 4.66. The predicted molar refractivity (Wildman–Crippen MR) is 196 cm³/mol. The third-order valence-corrected chi connectivity index (χ3v) is 8.14. The molecule has 0 spiro atoms. The molecule has 0 atom stereocenters. The summed E-state index contributed by atoms with van der Waals surface area (Å²) in [5, 5.41) is 28.0. The standard InChI is InChI=1S/2C15H21BN6.C5H5.Sm/c2*1-10-7-13(4)20(17-10)16(21-14(5)8-11(2)18-21)22-15(6)9-12(3)19-22;1-2-4-5-3-1;/h2*7-9H,1-6H3;1-5H;/q2*-1;;+3. The second-order valence-corrected chi connectivity index (χ2v) is 12.9. The van der Waals surface area contributed by atoms with Gasteiger partial charge in [-0.1, -0.05) is 0 Å². The number of nitrogens with zero attached hydrogens (tertiary/aromatic N) is 12. The number of hydrogen-bond acceptors (Lipinski definition) is 6. The normalized spacial score (nSPS) is 12.6. The SMILES string of the molecule is Cc1cc(C)n([B-](n2nc(C)cc2C)n2nc(C)cc2C)n1.Cc1cc(C)n([B-](n2nc(C)cc2C)n2nc(C)cc2C)n1.[CH]1[CH][CH][CH][CH]1.[Sm+3]. The van der Waals surface area contributed by atoms with E-state index in [1.807, 2.05) is 101 Å². The van der Waals surface area contributed by atoms with E-state index < -0.39 is 0 Å². The number of rotatable bonds is 6. The Balaban J connectivity index is 0.000000193. The van der Waals surface area contributed by atoms with Crippen LogP contribution in [-0.4, -0.2) is 72.4 Å². The van der Waals surface area contributed by atoms with Crippen molar-refractivity contribution in [2.75, 3.05) is 0 Å². The van der Waals surface area contributed by atoms with Gasteiger partial charge in [-0.15, -0.1) is 0 Å². The van der Waals surface area contributed by atoms with Crippen LogP contribution in [0.25, 0.3) is 0 Å². The van der Waals surface area contributed by atoms with Gasteiger partial charge in [-0.05, 0) is 186 Å². The molecule has 0 bridgehead atoms. The average molecular weight is 808 g/mol. The minimum Gasteiger partial charge on any atom is -0.422 e. The van der Waals surface area contributed by atoms with Crippen LogP contribution in [0, 0.1) is 156 Å². The van der Waals surface area contributed by atoms with Gasteiger partial charge in [-0.3, -0.25) is 0 Å². The molecule has 50 heavy (non-hydrogen) atoms. The summed E-state index contributed by atoms with van der Waals surface area (Å²) in [6, 6.07) is 12.4. The second kappa shape index (κ2) is 16.8. The van der Waals surface area contributed by atoms with E-state index in [4.69, 9.17) is 0 Å². The zero-order valence-electron chi connectivity index (χ0n) is 31.3. The van der Waals surface area contributed by atoms with Gasteiger partial charge in [0.15, 0.2) is 0 Å². The van der Waals surface area contributed by atoms with Crippen LogP contribution >= 0.6 is 0 Å². The number of aromatic nitrogens is 12. The van der Waals surface area contributed by atoms with E-state index in [0.717, 1.165) is 68.3 Å². The molecule has 0 unspecified atom stereocenters. The first-order valence-corrected chi connectivity index (χ1v) is 16.6. The summed E-state index contributed by atoms with van der Waals surface area (Å²) in [7, 11) is -0.452. The average Bonchev–Trinajstić information content (AvgIpc) is 3.88. The van der Waals surface area contributed by atoms with Gasteiger partial charge in [-0.25, -0.2) is 30.6 Å². The quantitative estimate of drug-likeness (QED) is 0.216. The third-order valence-electron chi connectivity index (χ3n) is 8.14. The fourth-order valence-corrected chi connectivity index (χ4v) is 6.22. The molecule has 0 amide bonds. The van der Waals surface area contributed by atoms with Gasteiger partial charge in [0.25, 0.3) is 14.2 Å². The van der Waals surface area contributed by atoms with Crippen molar-refractivity contribution in [3.05, 3.63) is 137 Å². The van der Waals surface area contributed by atoms with Gasteiger partial charge in [0.2, 0.25) is 0 Å². The Hall–Kier alpha value is -3.27. The van der Waals surface area contributed by atoms with Crippen molar-refractivity contribution >= 4 is 14.2 Å². The van der Waals surface area contributed by atoms with Crippen LogP contribution in [0.15, 0.2) is 36.4 Å². The van der Waals surface area contributed by atoms with Crippen LogP contribution in [0.3, 0.4) is 0 Å². The van der Waals surface area contributed by atoms with Crippen molar-refractivity contribution in [1.82, 2.24) is 58.1 Å². The Morgan fingerprint density at radius 1 is 0.300 bits per heavy atom. The van der Waals surface area contributed by atoms with Crippen molar-refractivity contribution < 1.29 is 40.4 Å². The molecule has 8 radical (unpaired) electrons. The van der Waals surface area contributed by atoms with E-state index in [-0.39, 0.29) is 54.6 Å². The molecule has 0 N–H and O–H groups in total. The first-order valence-electron chi connectivity index (χ1n) is 16.6. The zero-order valence-corrected chi connectivity index (χ0v) is 33.9. The zero-order chi connectivity index (χ0) is 35.6. The summed E-state index contributed by atoms with van der Waals surface area (Å²) in [6.07, 6.45) is 10.0. The molecule has 0 aromatic carbocycles. The van der Waals surface area contributed by atoms with E-state index >= 15 is 0 Å². The van der Waals surface area contributed by atoms with E-state index in [2.05, 4.69) is 109 Å². The van der Waals surface area contributed by atoms with E-state index in [9.17, 15) is 0 Å². The van der Waals surface area contributed by atoms with Crippen molar-refractivity contribution in [3.8, 4) is 0 Å². The summed E-state index contributed by atoms with van der Waals surface area (Å²) in [5.74, 6) is 0. The molecule has 1 saturated carbocycles. The Bertz CT molecular complexity index is 1650. The molecule has 6 aromatic rings. The van der Waals surface area contributed by atoms with Crippen molar-refractivity contribution in [1.29, 1.82) is 0 Å². The Labute approximate surface area is 330 Å². The van der Waals surface area contributed by atoms with Gasteiger partial charge in [0, 0.05) is 0 Å². The Morgan fingerprint density at radius 3 is 0.540 bits per heavy atom. The van der Waals surface area contributed by atoms with Crippen LogP contribution in [-0.2, 0) is 0 Å². The van der Waals surface area contributed by atoms with Crippen LogP contribution in [0.4, 0.5) is 0 Å². The Kier molecular flexibility index (Phi) is 13.3. The summed E-state index contributed by atoms with van der Waals surface area (Å²) in [5.41, 5.74) is 12.5. The molecule has 6 heterocycles. The van der Waals surface area contributed by atoms with Gasteiger partial charge >= 0.3 is 40.4 Å². The van der Waals surface area contributed by atoms with Gasteiger partial charge < -0.3 is 27.6 Å². The van der Waals surface area contributed by atoms with Crippen LogP contribution < -0.4 is 0 Å². The topological polar surface area (TPSA) is 107 Å². The van der Waals surface area contributed by atoms with Gasteiger partial charge in [0.05, 0.1) is 34.2 Å². The molecule has 258 valence electrons. The molecule has 0 aliphatic heterocycles. The predicted octanol–water partition coefficient (Wildman–Crippen LogP) is 5.13. The van der Waals surface area contributed by atoms with Crippen molar-refractivity contribution in [3.63, 3.8) is 0 Å². The molecule has 15 heteroatoms. The van der Waals surface area contributed by atoms with Crippen LogP contribution in [0.1, 0.15) is 68.3 Å². The molecular formula is C35H47B2N12Sm+. The smallest absolute Gasteiger partial charge is 0.422 e. The molecule has 0 saturated heterocycles. The summed E-state index contributed by atoms with van der Waals surface area (Å²) in [6.45, 7) is 24.4. The van der Waals surface area contributed by atoms with Crippen molar-refractivity contribution in [2.24, 2.45) is 0 Å². The maximum atomic E-state index is 4.66. The summed E-state index contributed by atoms with van der Waals surface area (Å²) in [4.78, 5) is 0. The number of hydrogen-bond donors (Lipinski definition) is 0. The van der Waals surface area contributed by atoms with E-state index in [1.165, 1.54) is 0 Å². The van der Waals surface area contributed by atoms with Gasteiger partial charge in [0.1, 0.15) is 0 Å². The fraction of sp³-hybridized carbons (Fsp3) is 0.343. The molecule has 6 aromatic heterocycles.